The largest absolute Gasteiger partial charge is 0.368 e. The maximum absolute atomic E-state index is 12.8. The molecule has 7 nitrogen and oxygen atoms in total. The Kier molecular flexibility index (Phi) is 5.74. The van der Waals surface area contributed by atoms with Crippen molar-refractivity contribution in [1.82, 2.24) is 9.88 Å². The normalized spacial score (nSPS) is 14.6. The molecule has 1 saturated heterocycles. The van der Waals surface area contributed by atoms with Gasteiger partial charge in [0, 0.05) is 49.2 Å². The second-order valence-electron chi connectivity index (χ2n) is 7.07. The summed E-state index contributed by atoms with van der Waals surface area (Å²) in [6.45, 7) is 2.89. The standard InChI is InChI=1S/C21H22N4O3S2/c1-30(27,28)18-9-7-16(8-10-18)22-21-23-19(15-29-21)20(26)25-13-11-24(12-14-25)17-5-3-2-4-6-17/h2-10,15H,11-14H2,1H3,(H,22,23). The summed E-state index contributed by atoms with van der Waals surface area (Å²) in [6.07, 6.45) is 1.17. The van der Waals surface area contributed by atoms with Gasteiger partial charge in [-0.05, 0) is 36.4 Å². The van der Waals surface area contributed by atoms with Crippen molar-refractivity contribution in [2.75, 3.05) is 42.7 Å². The number of carbonyl (C=O) groups excluding carboxylic acids is 1. The van der Waals surface area contributed by atoms with E-state index in [1.807, 2.05) is 23.1 Å². The van der Waals surface area contributed by atoms with E-state index in [1.54, 1.807) is 29.6 Å². The van der Waals surface area contributed by atoms with Crippen LogP contribution in [-0.2, 0) is 9.84 Å². The Balaban J connectivity index is 1.36. The molecule has 0 atom stereocenters. The number of carbonyl (C=O) groups is 1. The highest BCUT2D eigenvalue weighted by Gasteiger charge is 2.24. The zero-order valence-electron chi connectivity index (χ0n) is 16.5. The van der Waals surface area contributed by atoms with Gasteiger partial charge in [0.1, 0.15) is 5.69 Å². The fraction of sp³-hybridized carbons (Fsp3) is 0.238. The number of amides is 1. The lowest BCUT2D eigenvalue weighted by Crippen LogP contribution is -2.48. The molecule has 0 spiro atoms. The Hall–Kier alpha value is -2.91. The number of hydrogen-bond acceptors (Lipinski definition) is 7. The van der Waals surface area contributed by atoms with Crippen LogP contribution in [0.15, 0.2) is 64.9 Å². The molecule has 1 amide bonds. The van der Waals surface area contributed by atoms with Crippen LogP contribution in [0.5, 0.6) is 0 Å². The van der Waals surface area contributed by atoms with Gasteiger partial charge in [-0.3, -0.25) is 4.79 Å². The van der Waals surface area contributed by atoms with E-state index in [-0.39, 0.29) is 10.8 Å². The first-order chi connectivity index (χ1) is 14.4. The predicted molar refractivity (Wildman–Crippen MR) is 120 cm³/mol. The molecule has 1 N–H and O–H groups in total. The van der Waals surface area contributed by atoms with Crippen molar-refractivity contribution < 1.29 is 13.2 Å². The summed E-state index contributed by atoms with van der Waals surface area (Å²) >= 11 is 1.35. The molecule has 0 saturated carbocycles. The third-order valence-electron chi connectivity index (χ3n) is 4.95. The fourth-order valence-corrected chi connectivity index (χ4v) is 4.64. The Morgan fingerprint density at radius 1 is 1.00 bits per heavy atom. The van der Waals surface area contributed by atoms with Crippen LogP contribution < -0.4 is 10.2 Å². The summed E-state index contributed by atoms with van der Waals surface area (Å²) in [7, 11) is -3.23. The third-order valence-corrected chi connectivity index (χ3v) is 6.83. The average molecular weight is 443 g/mol. The van der Waals surface area contributed by atoms with Gasteiger partial charge in [0.05, 0.1) is 4.90 Å². The Morgan fingerprint density at radius 2 is 1.67 bits per heavy atom. The van der Waals surface area contributed by atoms with Gasteiger partial charge in [0.2, 0.25) is 0 Å². The molecule has 30 heavy (non-hydrogen) atoms. The molecule has 4 rings (SSSR count). The number of nitrogens with one attached hydrogen (secondary N) is 1. The summed E-state index contributed by atoms with van der Waals surface area (Å²) in [5, 5.41) is 5.46. The minimum Gasteiger partial charge on any atom is -0.368 e. The Morgan fingerprint density at radius 3 is 2.30 bits per heavy atom. The van der Waals surface area contributed by atoms with Crippen molar-refractivity contribution in [3.63, 3.8) is 0 Å². The number of rotatable bonds is 5. The molecule has 0 aliphatic carbocycles. The molecule has 1 aliphatic rings. The lowest BCUT2D eigenvalue weighted by atomic mass is 10.2. The molecular weight excluding hydrogens is 420 g/mol. The second kappa shape index (κ2) is 8.45. The van der Waals surface area contributed by atoms with Crippen LogP contribution >= 0.6 is 11.3 Å². The van der Waals surface area contributed by atoms with E-state index in [9.17, 15) is 13.2 Å². The number of anilines is 3. The van der Waals surface area contributed by atoms with Crippen LogP contribution in [0.2, 0.25) is 0 Å². The summed E-state index contributed by atoms with van der Waals surface area (Å²) in [6, 6.07) is 16.7. The minimum atomic E-state index is -3.23. The molecular formula is C21H22N4O3S2. The maximum Gasteiger partial charge on any atom is 0.273 e. The van der Waals surface area contributed by atoms with Crippen LogP contribution in [0.25, 0.3) is 0 Å². The minimum absolute atomic E-state index is 0.0700. The number of para-hydroxylation sites is 1. The number of piperazine rings is 1. The number of nitrogens with zero attached hydrogens (tertiary/aromatic N) is 3. The fourth-order valence-electron chi connectivity index (χ4n) is 3.31. The molecule has 1 aromatic heterocycles. The first kappa shape index (κ1) is 20.4. The lowest BCUT2D eigenvalue weighted by molar-refractivity contribution is 0.0742. The third kappa shape index (κ3) is 4.63. The zero-order valence-corrected chi connectivity index (χ0v) is 18.1. The molecule has 2 heterocycles. The highest BCUT2D eigenvalue weighted by molar-refractivity contribution is 7.90. The van der Waals surface area contributed by atoms with Gasteiger partial charge in [0.25, 0.3) is 5.91 Å². The number of sulfone groups is 1. The Labute approximate surface area is 179 Å². The van der Waals surface area contributed by atoms with Gasteiger partial charge in [-0.15, -0.1) is 11.3 Å². The van der Waals surface area contributed by atoms with E-state index >= 15 is 0 Å². The topological polar surface area (TPSA) is 82.6 Å². The first-order valence-electron chi connectivity index (χ1n) is 9.52. The monoisotopic (exact) mass is 442 g/mol. The smallest absolute Gasteiger partial charge is 0.273 e. The molecule has 9 heteroatoms. The predicted octanol–water partition coefficient (Wildman–Crippen LogP) is 3.25. The van der Waals surface area contributed by atoms with Crippen molar-refractivity contribution in [2.45, 2.75) is 4.90 Å². The highest BCUT2D eigenvalue weighted by atomic mass is 32.2. The van der Waals surface area contributed by atoms with Crippen molar-refractivity contribution in [2.24, 2.45) is 0 Å². The SMILES string of the molecule is CS(=O)(=O)c1ccc(Nc2nc(C(=O)N3CCN(c4ccccc4)CC3)cs2)cc1. The molecule has 2 aromatic carbocycles. The molecule has 156 valence electrons. The molecule has 0 radical (unpaired) electrons. The van der Waals surface area contributed by atoms with Crippen LogP contribution in [0.3, 0.4) is 0 Å². The van der Waals surface area contributed by atoms with E-state index in [2.05, 4.69) is 27.3 Å². The van der Waals surface area contributed by atoms with E-state index in [0.29, 0.717) is 29.6 Å². The van der Waals surface area contributed by atoms with Crippen molar-refractivity contribution in [3.05, 3.63) is 65.7 Å². The van der Waals surface area contributed by atoms with Gasteiger partial charge in [-0.25, -0.2) is 13.4 Å². The molecule has 0 unspecified atom stereocenters. The second-order valence-corrected chi connectivity index (χ2v) is 9.95. The van der Waals surface area contributed by atoms with E-state index in [4.69, 9.17) is 0 Å². The number of aromatic nitrogens is 1. The number of thiazole rings is 1. The molecule has 1 fully saturated rings. The number of hydrogen-bond donors (Lipinski definition) is 1. The van der Waals surface area contributed by atoms with Gasteiger partial charge in [-0.2, -0.15) is 0 Å². The summed E-state index contributed by atoms with van der Waals surface area (Å²) in [5.41, 5.74) is 2.31. The highest BCUT2D eigenvalue weighted by Crippen LogP contribution is 2.23. The quantitative estimate of drug-likeness (QED) is 0.653. The molecule has 1 aliphatic heterocycles. The van der Waals surface area contributed by atoms with E-state index in [1.165, 1.54) is 23.3 Å². The van der Waals surface area contributed by atoms with Crippen molar-refractivity contribution in [1.29, 1.82) is 0 Å². The van der Waals surface area contributed by atoms with Crippen LogP contribution in [0.1, 0.15) is 10.5 Å². The summed E-state index contributed by atoms with van der Waals surface area (Å²) < 4.78 is 23.1. The van der Waals surface area contributed by atoms with Crippen LogP contribution in [0, 0.1) is 0 Å². The van der Waals surface area contributed by atoms with Gasteiger partial charge < -0.3 is 15.1 Å². The lowest BCUT2D eigenvalue weighted by Gasteiger charge is -2.35. The van der Waals surface area contributed by atoms with E-state index in [0.717, 1.165) is 13.1 Å². The summed E-state index contributed by atoms with van der Waals surface area (Å²) in [4.78, 5) is 21.6. The van der Waals surface area contributed by atoms with Crippen LogP contribution in [-0.4, -0.2) is 56.6 Å². The first-order valence-corrected chi connectivity index (χ1v) is 12.3. The van der Waals surface area contributed by atoms with Gasteiger partial charge in [-0.1, -0.05) is 18.2 Å². The molecule has 0 bridgehead atoms. The summed E-state index contributed by atoms with van der Waals surface area (Å²) in [5.74, 6) is -0.0700. The van der Waals surface area contributed by atoms with Crippen LogP contribution in [0.4, 0.5) is 16.5 Å². The van der Waals surface area contributed by atoms with Gasteiger partial charge in [0.15, 0.2) is 15.0 Å². The van der Waals surface area contributed by atoms with Crippen molar-refractivity contribution >= 4 is 43.6 Å². The average Bonchev–Trinajstić information content (AvgIpc) is 3.22. The maximum atomic E-state index is 12.8. The van der Waals surface area contributed by atoms with E-state index < -0.39 is 9.84 Å². The zero-order chi connectivity index (χ0) is 21.1. The Bertz CT molecular complexity index is 1120. The number of benzene rings is 2. The van der Waals surface area contributed by atoms with Gasteiger partial charge >= 0.3 is 0 Å². The van der Waals surface area contributed by atoms with Crippen molar-refractivity contribution in [3.8, 4) is 0 Å². The molecule has 3 aromatic rings.